The van der Waals surface area contributed by atoms with E-state index in [0.717, 1.165) is 12.8 Å². The van der Waals surface area contributed by atoms with Gasteiger partial charge in [-0.3, -0.25) is 0 Å². The van der Waals surface area contributed by atoms with Crippen LogP contribution < -0.4 is 0 Å². The first-order valence-electron chi connectivity index (χ1n) is 5.23. The molecule has 0 saturated heterocycles. The van der Waals surface area contributed by atoms with Crippen molar-refractivity contribution in [1.29, 1.82) is 0 Å². The largest absolute Gasteiger partial charge is 0.392 e. The molecule has 0 unspecified atom stereocenters. The van der Waals surface area contributed by atoms with Crippen molar-refractivity contribution in [2.24, 2.45) is 0 Å². The van der Waals surface area contributed by atoms with Crippen molar-refractivity contribution in [3.8, 4) is 0 Å². The Bertz CT molecular complexity index is 134. The summed E-state index contributed by atoms with van der Waals surface area (Å²) in [7, 11) is 1.61. The lowest BCUT2D eigenvalue weighted by Crippen LogP contribution is -2.12. The van der Waals surface area contributed by atoms with Gasteiger partial charge < -0.3 is 14.6 Å². The minimum absolute atomic E-state index is 0.0701. The van der Waals surface area contributed by atoms with Gasteiger partial charge in [-0.2, -0.15) is 0 Å². The van der Waals surface area contributed by atoms with Crippen LogP contribution in [0.4, 0.5) is 0 Å². The molecule has 0 rings (SSSR count). The first-order valence-corrected chi connectivity index (χ1v) is 5.23. The summed E-state index contributed by atoms with van der Waals surface area (Å²) in [5.74, 6) is 0. The van der Waals surface area contributed by atoms with Crippen LogP contribution in [0.3, 0.4) is 0 Å². The summed E-state index contributed by atoms with van der Waals surface area (Å²) in [5.41, 5.74) is 0. The summed E-state index contributed by atoms with van der Waals surface area (Å²) in [6.07, 6.45) is 8.27. The van der Waals surface area contributed by atoms with Crippen molar-refractivity contribution >= 4 is 0 Å². The van der Waals surface area contributed by atoms with Gasteiger partial charge in [0.15, 0.2) is 0 Å². The van der Waals surface area contributed by atoms with Gasteiger partial charge in [-0.25, -0.2) is 0 Å². The maximum atomic E-state index is 8.64. The molecule has 0 heterocycles. The average Bonchev–Trinajstić information content (AvgIpc) is 2.21. The van der Waals surface area contributed by atoms with Crippen LogP contribution in [0.2, 0.25) is 0 Å². The van der Waals surface area contributed by atoms with Gasteiger partial charge in [0, 0.05) is 7.11 Å². The van der Waals surface area contributed by atoms with Crippen LogP contribution in [0.15, 0.2) is 12.2 Å². The van der Waals surface area contributed by atoms with E-state index in [-0.39, 0.29) is 12.7 Å². The highest BCUT2D eigenvalue weighted by atomic mass is 16.7. The Balaban J connectivity index is 3.66. The summed E-state index contributed by atoms with van der Waals surface area (Å²) < 4.78 is 10.3. The zero-order chi connectivity index (χ0) is 10.6. The lowest BCUT2D eigenvalue weighted by atomic mass is 10.1. The van der Waals surface area contributed by atoms with Crippen LogP contribution in [-0.2, 0) is 9.47 Å². The van der Waals surface area contributed by atoms with Gasteiger partial charge in [0.25, 0.3) is 0 Å². The fourth-order valence-electron chi connectivity index (χ4n) is 1.20. The van der Waals surface area contributed by atoms with E-state index in [9.17, 15) is 0 Å². The van der Waals surface area contributed by atoms with E-state index in [1.54, 1.807) is 13.2 Å². The molecular weight excluding hydrogens is 180 g/mol. The summed E-state index contributed by atoms with van der Waals surface area (Å²) in [6.45, 7) is 2.56. The van der Waals surface area contributed by atoms with E-state index in [4.69, 9.17) is 14.6 Å². The number of unbranched alkanes of at least 4 members (excludes halogenated alkanes) is 2. The molecule has 0 aliphatic heterocycles. The quantitative estimate of drug-likeness (QED) is 0.353. The molecule has 0 aliphatic rings. The summed E-state index contributed by atoms with van der Waals surface area (Å²) >= 11 is 0. The van der Waals surface area contributed by atoms with Crippen molar-refractivity contribution in [3.05, 3.63) is 12.2 Å². The van der Waals surface area contributed by atoms with Crippen molar-refractivity contribution < 1.29 is 14.6 Å². The molecule has 0 bridgehead atoms. The van der Waals surface area contributed by atoms with E-state index in [1.165, 1.54) is 12.8 Å². The molecule has 0 fully saturated rings. The van der Waals surface area contributed by atoms with Gasteiger partial charge in [0.05, 0.1) is 12.7 Å². The molecule has 0 aromatic heterocycles. The fraction of sp³-hybridized carbons (Fsp3) is 0.818. The Kier molecular flexibility index (Phi) is 10.4. The van der Waals surface area contributed by atoms with E-state index < -0.39 is 0 Å². The van der Waals surface area contributed by atoms with Crippen molar-refractivity contribution in [3.63, 3.8) is 0 Å². The van der Waals surface area contributed by atoms with Crippen LogP contribution in [0.5, 0.6) is 0 Å². The first kappa shape index (κ1) is 13.6. The normalized spacial score (nSPS) is 13.6. The van der Waals surface area contributed by atoms with E-state index in [0.29, 0.717) is 6.79 Å². The van der Waals surface area contributed by atoms with Crippen LogP contribution in [0.1, 0.15) is 32.6 Å². The molecule has 0 aliphatic carbocycles. The fourth-order valence-corrected chi connectivity index (χ4v) is 1.20. The van der Waals surface area contributed by atoms with Crippen LogP contribution in [0.25, 0.3) is 0 Å². The molecule has 3 heteroatoms. The van der Waals surface area contributed by atoms with Gasteiger partial charge in [-0.15, -0.1) is 0 Å². The van der Waals surface area contributed by atoms with Gasteiger partial charge in [0.2, 0.25) is 0 Å². The molecule has 0 aromatic carbocycles. The standard InChI is InChI=1S/C11H22O3/c1-3-4-5-7-11(8-6-9-12)14-10-13-2/h6,8,11-12H,3-5,7,9-10H2,1-2H3/b8-6+/t11-/m0/s1. The van der Waals surface area contributed by atoms with Crippen LogP contribution in [0, 0.1) is 0 Å². The third kappa shape index (κ3) is 8.23. The number of rotatable bonds is 9. The summed E-state index contributed by atoms with van der Waals surface area (Å²) in [4.78, 5) is 0. The molecule has 0 radical (unpaired) electrons. The smallest absolute Gasteiger partial charge is 0.147 e. The number of aliphatic hydroxyl groups excluding tert-OH is 1. The number of methoxy groups -OCH3 is 1. The highest BCUT2D eigenvalue weighted by molar-refractivity contribution is 4.89. The molecule has 0 aromatic rings. The third-order valence-corrected chi connectivity index (χ3v) is 1.95. The lowest BCUT2D eigenvalue weighted by molar-refractivity contribution is -0.0581. The molecule has 14 heavy (non-hydrogen) atoms. The Morgan fingerprint density at radius 1 is 1.36 bits per heavy atom. The number of ether oxygens (including phenoxy) is 2. The van der Waals surface area contributed by atoms with Crippen molar-refractivity contribution in [1.82, 2.24) is 0 Å². The summed E-state index contributed by atoms with van der Waals surface area (Å²) in [6, 6.07) is 0. The van der Waals surface area contributed by atoms with E-state index in [2.05, 4.69) is 6.92 Å². The molecule has 0 saturated carbocycles. The van der Waals surface area contributed by atoms with E-state index >= 15 is 0 Å². The third-order valence-electron chi connectivity index (χ3n) is 1.95. The number of aliphatic hydroxyl groups is 1. The summed E-state index contributed by atoms with van der Waals surface area (Å²) in [5, 5.41) is 8.64. The minimum Gasteiger partial charge on any atom is -0.392 e. The van der Waals surface area contributed by atoms with E-state index in [1.807, 2.05) is 6.08 Å². The second-order valence-electron chi connectivity index (χ2n) is 3.22. The Labute approximate surface area is 86.7 Å². The van der Waals surface area contributed by atoms with Crippen LogP contribution in [-0.4, -0.2) is 31.7 Å². The molecule has 1 N–H and O–H groups in total. The molecule has 0 amide bonds. The second kappa shape index (κ2) is 10.7. The Morgan fingerprint density at radius 2 is 2.14 bits per heavy atom. The monoisotopic (exact) mass is 202 g/mol. The SMILES string of the molecule is CCCCC[C@@H](/C=C/CO)OCOC. The first-order chi connectivity index (χ1) is 6.85. The van der Waals surface area contributed by atoms with Gasteiger partial charge >= 0.3 is 0 Å². The van der Waals surface area contributed by atoms with Crippen LogP contribution >= 0.6 is 0 Å². The highest BCUT2D eigenvalue weighted by Gasteiger charge is 2.03. The Morgan fingerprint density at radius 3 is 2.71 bits per heavy atom. The lowest BCUT2D eigenvalue weighted by Gasteiger charge is -2.12. The van der Waals surface area contributed by atoms with Gasteiger partial charge in [0.1, 0.15) is 6.79 Å². The molecule has 1 atom stereocenters. The number of hydrogen-bond acceptors (Lipinski definition) is 3. The number of hydrogen-bond donors (Lipinski definition) is 1. The predicted octanol–water partition coefficient (Wildman–Crippen LogP) is 2.10. The zero-order valence-corrected chi connectivity index (χ0v) is 9.24. The zero-order valence-electron chi connectivity index (χ0n) is 9.24. The molecule has 3 nitrogen and oxygen atoms in total. The highest BCUT2D eigenvalue weighted by Crippen LogP contribution is 2.08. The molecule has 84 valence electrons. The predicted molar refractivity (Wildman–Crippen MR) is 57.1 cm³/mol. The minimum atomic E-state index is 0.0701. The van der Waals surface area contributed by atoms with Crippen molar-refractivity contribution in [2.75, 3.05) is 20.5 Å². The van der Waals surface area contributed by atoms with Crippen molar-refractivity contribution in [2.45, 2.75) is 38.7 Å². The van der Waals surface area contributed by atoms with Gasteiger partial charge in [-0.05, 0) is 6.42 Å². The molecular formula is C11H22O3. The van der Waals surface area contributed by atoms with Gasteiger partial charge in [-0.1, -0.05) is 38.3 Å². The second-order valence-corrected chi connectivity index (χ2v) is 3.22. The Hall–Kier alpha value is -0.380. The average molecular weight is 202 g/mol. The topological polar surface area (TPSA) is 38.7 Å². The maximum Gasteiger partial charge on any atom is 0.147 e. The molecule has 0 spiro atoms. The maximum absolute atomic E-state index is 8.64.